The van der Waals surface area contributed by atoms with Crippen molar-refractivity contribution < 1.29 is 13.2 Å². The van der Waals surface area contributed by atoms with Gasteiger partial charge in [-0.15, -0.1) is 0 Å². The number of hydrogen-bond donors (Lipinski definition) is 1. The average Bonchev–Trinajstić information content (AvgIpc) is 2.42. The zero-order valence-electron chi connectivity index (χ0n) is 10.8. The number of hydrogen-bond acceptors (Lipinski definition) is 1. The molecule has 1 nitrogen and oxygen atoms in total. The molecule has 0 heterocycles. The minimum atomic E-state index is -1.47. The third-order valence-corrected chi connectivity index (χ3v) is 3.22. The molecule has 0 aliphatic heterocycles. The number of halogens is 4. The average molecular weight is 300 g/mol. The van der Waals surface area contributed by atoms with Crippen molar-refractivity contribution in [3.8, 4) is 0 Å². The molecule has 5 heteroatoms. The molecule has 106 valence electrons. The zero-order chi connectivity index (χ0) is 14.7. The Morgan fingerprint density at radius 3 is 2.30 bits per heavy atom. The fourth-order valence-electron chi connectivity index (χ4n) is 1.98. The Kier molecular flexibility index (Phi) is 4.55. The molecule has 0 bridgehead atoms. The maximum Gasteiger partial charge on any atom is 0.194 e. The highest BCUT2D eigenvalue weighted by atomic mass is 35.5. The van der Waals surface area contributed by atoms with Gasteiger partial charge in [0.1, 0.15) is 0 Å². The number of rotatable bonds is 4. The van der Waals surface area contributed by atoms with E-state index in [1.807, 2.05) is 13.0 Å². The molecule has 1 atom stereocenters. The maximum absolute atomic E-state index is 13.2. The van der Waals surface area contributed by atoms with E-state index < -0.39 is 17.5 Å². The van der Waals surface area contributed by atoms with Crippen molar-refractivity contribution in [3.63, 3.8) is 0 Å². The van der Waals surface area contributed by atoms with Crippen LogP contribution in [0.25, 0.3) is 0 Å². The molecule has 0 saturated carbocycles. The van der Waals surface area contributed by atoms with E-state index in [0.717, 1.165) is 17.7 Å². The lowest BCUT2D eigenvalue weighted by Gasteiger charge is -2.19. The summed E-state index contributed by atoms with van der Waals surface area (Å²) in [6, 6.07) is 8.89. The molecule has 0 aliphatic carbocycles. The van der Waals surface area contributed by atoms with Gasteiger partial charge < -0.3 is 5.32 Å². The van der Waals surface area contributed by atoms with Gasteiger partial charge in [-0.25, -0.2) is 13.2 Å². The minimum absolute atomic E-state index is 0.169. The summed E-state index contributed by atoms with van der Waals surface area (Å²) in [5, 5.41) is 3.56. The number of benzene rings is 2. The number of nitrogens with one attached hydrogen (secondary N) is 1. The normalized spacial score (nSPS) is 12.2. The molecule has 1 unspecified atom stereocenters. The molecular formula is C15H13ClF3N. The largest absolute Gasteiger partial charge is 0.378 e. The topological polar surface area (TPSA) is 12.0 Å². The fourth-order valence-corrected chi connectivity index (χ4v) is 2.18. The van der Waals surface area contributed by atoms with Gasteiger partial charge in [-0.3, -0.25) is 0 Å². The lowest BCUT2D eigenvalue weighted by molar-refractivity contribution is 0.447. The van der Waals surface area contributed by atoms with Crippen molar-refractivity contribution in [2.75, 3.05) is 5.32 Å². The molecule has 0 fully saturated rings. The molecule has 1 N–H and O–H groups in total. The minimum Gasteiger partial charge on any atom is -0.378 e. The summed E-state index contributed by atoms with van der Waals surface area (Å²) in [5.74, 6) is -3.90. The number of anilines is 1. The van der Waals surface area contributed by atoms with Gasteiger partial charge in [-0.1, -0.05) is 30.7 Å². The van der Waals surface area contributed by atoms with Gasteiger partial charge >= 0.3 is 0 Å². The Morgan fingerprint density at radius 1 is 1.10 bits per heavy atom. The monoisotopic (exact) mass is 299 g/mol. The van der Waals surface area contributed by atoms with E-state index in [2.05, 4.69) is 5.32 Å². The van der Waals surface area contributed by atoms with E-state index in [9.17, 15) is 13.2 Å². The highest BCUT2D eigenvalue weighted by Crippen LogP contribution is 2.26. The van der Waals surface area contributed by atoms with E-state index in [1.54, 1.807) is 18.2 Å². The van der Waals surface area contributed by atoms with E-state index in [-0.39, 0.29) is 11.7 Å². The second kappa shape index (κ2) is 6.18. The van der Waals surface area contributed by atoms with Crippen molar-refractivity contribution in [2.24, 2.45) is 0 Å². The van der Waals surface area contributed by atoms with Gasteiger partial charge in [0.15, 0.2) is 17.5 Å². The van der Waals surface area contributed by atoms with Crippen molar-refractivity contribution >= 4 is 17.3 Å². The molecule has 0 radical (unpaired) electrons. The van der Waals surface area contributed by atoms with Crippen LogP contribution >= 0.6 is 11.6 Å². The second-order valence-electron chi connectivity index (χ2n) is 4.41. The predicted octanol–water partition coefficient (Wildman–Crippen LogP) is 5.32. The first-order chi connectivity index (χ1) is 9.51. The maximum atomic E-state index is 13.2. The summed E-state index contributed by atoms with van der Waals surface area (Å²) in [4.78, 5) is 0. The van der Waals surface area contributed by atoms with Crippen molar-refractivity contribution in [3.05, 3.63) is 64.4 Å². The Hall–Kier alpha value is -1.68. The molecule has 0 spiro atoms. The van der Waals surface area contributed by atoms with E-state index in [0.29, 0.717) is 11.4 Å². The van der Waals surface area contributed by atoms with Crippen LogP contribution in [0.4, 0.5) is 18.9 Å². The first-order valence-electron chi connectivity index (χ1n) is 6.17. The van der Waals surface area contributed by atoms with Crippen molar-refractivity contribution in [2.45, 2.75) is 19.4 Å². The zero-order valence-corrected chi connectivity index (χ0v) is 11.5. The molecule has 2 rings (SSSR count). The predicted molar refractivity (Wildman–Crippen MR) is 74.4 cm³/mol. The van der Waals surface area contributed by atoms with Crippen LogP contribution < -0.4 is 5.32 Å². The van der Waals surface area contributed by atoms with Crippen LogP contribution in [0.2, 0.25) is 5.02 Å². The summed E-state index contributed by atoms with van der Waals surface area (Å²) in [6.45, 7) is 1.93. The molecule has 0 aliphatic rings. The van der Waals surface area contributed by atoms with Crippen LogP contribution in [0, 0.1) is 17.5 Å². The molecule has 2 aromatic rings. The summed E-state index contributed by atoms with van der Waals surface area (Å²) in [7, 11) is 0. The van der Waals surface area contributed by atoms with Gasteiger partial charge in [0, 0.05) is 22.8 Å². The van der Waals surface area contributed by atoms with E-state index in [4.69, 9.17) is 11.6 Å². The second-order valence-corrected chi connectivity index (χ2v) is 4.85. The van der Waals surface area contributed by atoms with Crippen molar-refractivity contribution in [1.82, 2.24) is 0 Å². The van der Waals surface area contributed by atoms with Gasteiger partial charge in [0.05, 0.1) is 6.04 Å². The third kappa shape index (κ3) is 3.25. The Bertz CT molecular complexity index is 593. The van der Waals surface area contributed by atoms with E-state index >= 15 is 0 Å². The summed E-state index contributed by atoms with van der Waals surface area (Å²) in [5.41, 5.74) is 1.08. The van der Waals surface area contributed by atoms with Gasteiger partial charge in [0.2, 0.25) is 0 Å². The lowest BCUT2D eigenvalue weighted by atomic mass is 10.0. The smallest absolute Gasteiger partial charge is 0.194 e. The summed E-state index contributed by atoms with van der Waals surface area (Å²) < 4.78 is 39.3. The van der Waals surface area contributed by atoms with Gasteiger partial charge in [-0.2, -0.15) is 0 Å². The van der Waals surface area contributed by atoms with Crippen LogP contribution in [-0.4, -0.2) is 0 Å². The molecular weight excluding hydrogens is 287 g/mol. The quantitative estimate of drug-likeness (QED) is 0.753. The van der Waals surface area contributed by atoms with E-state index in [1.165, 1.54) is 0 Å². The molecule has 0 saturated heterocycles. The molecule has 20 heavy (non-hydrogen) atoms. The highest BCUT2D eigenvalue weighted by molar-refractivity contribution is 6.30. The molecule has 0 aromatic heterocycles. The molecule has 2 aromatic carbocycles. The van der Waals surface area contributed by atoms with Crippen LogP contribution in [0.1, 0.15) is 24.9 Å². The molecule has 0 amide bonds. The standard InChI is InChI=1S/C15H13ClF3N/c1-2-14(9-4-3-5-10(16)6-9)20-11-7-12(17)15(19)13(18)8-11/h3-8,14,20H,2H2,1H3. The van der Waals surface area contributed by atoms with Crippen molar-refractivity contribution in [1.29, 1.82) is 0 Å². The lowest BCUT2D eigenvalue weighted by Crippen LogP contribution is -2.10. The van der Waals surface area contributed by atoms with Crippen LogP contribution in [0.5, 0.6) is 0 Å². The first-order valence-corrected chi connectivity index (χ1v) is 6.55. The van der Waals surface area contributed by atoms with Gasteiger partial charge in [0.25, 0.3) is 0 Å². The van der Waals surface area contributed by atoms with Gasteiger partial charge in [-0.05, 0) is 24.1 Å². The summed E-state index contributed by atoms with van der Waals surface area (Å²) in [6.07, 6.45) is 0.682. The first kappa shape index (κ1) is 14.7. The van der Waals surface area contributed by atoms with Crippen LogP contribution in [0.3, 0.4) is 0 Å². The van der Waals surface area contributed by atoms with Crippen LogP contribution in [-0.2, 0) is 0 Å². The fraction of sp³-hybridized carbons (Fsp3) is 0.200. The SMILES string of the molecule is CCC(Nc1cc(F)c(F)c(F)c1)c1cccc(Cl)c1. The third-order valence-electron chi connectivity index (χ3n) is 2.98. The Balaban J connectivity index is 2.27. The van der Waals surface area contributed by atoms with Crippen LogP contribution in [0.15, 0.2) is 36.4 Å². The Morgan fingerprint density at radius 2 is 1.75 bits per heavy atom. The Labute approximate surface area is 120 Å². The summed E-state index contributed by atoms with van der Waals surface area (Å²) >= 11 is 5.92. The highest BCUT2D eigenvalue weighted by Gasteiger charge is 2.14.